The minimum atomic E-state index is -0.107. The van der Waals surface area contributed by atoms with E-state index in [-0.39, 0.29) is 11.5 Å². The maximum absolute atomic E-state index is 12.5. The third-order valence-corrected chi connectivity index (χ3v) is 4.22. The lowest BCUT2D eigenvalue weighted by Crippen LogP contribution is -2.19. The Balaban J connectivity index is 1.68. The van der Waals surface area contributed by atoms with Gasteiger partial charge in [0, 0.05) is 17.8 Å². The Labute approximate surface area is 155 Å². The quantitative estimate of drug-likeness (QED) is 0.603. The molecule has 0 spiro atoms. The summed E-state index contributed by atoms with van der Waals surface area (Å²) in [5, 5.41) is 0. The fourth-order valence-corrected chi connectivity index (χ4v) is 2.89. The Morgan fingerprint density at radius 1 is 1.00 bits per heavy atom. The molecule has 1 aromatic carbocycles. The van der Waals surface area contributed by atoms with E-state index in [9.17, 15) is 4.79 Å². The standard InChI is InChI=1S/C21H18N4O2/c1-14-7-8-19(27-14)18-12-17(23-21(22)24-18)16-9-10-25(20(26)11-16)13-15-5-3-2-4-6-15/h2-12H,13H2,1H3,(H2,22,23,24). The van der Waals surface area contributed by atoms with Gasteiger partial charge in [0.2, 0.25) is 5.95 Å². The molecular weight excluding hydrogens is 340 g/mol. The molecule has 0 aliphatic heterocycles. The summed E-state index contributed by atoms with van der Waals surface area (Å²) in [6.07, 6.45) is 1.76. The van der Waals surface area contributed by atoms with Crippen LogP contribution >= 0.6 is 0 Å². The summed E-state index contributed by atoms with van der Waals surface area (Å²) in [5.41, 5.74) is 8.67. The number of nitrogens with zero attached hydrogens (tertiary/aromatic N) is 3. The van der Waals surface area contributed by atoms with Gasteiger partial charge >= 0.3 is 0 Å². The summed E-state index contributed by atoms with van der Waals surface area (Å²) in [6, 6.07) is 18.7. The van der Waals surface area contributed by atoms with E-state index in [0.717, 1.165) is 11.3 Å². The van der Waals surface area contributed by atoms with Crippen LogP contribution < -0.4 is 11.3 Å². The summed E-state index contributed by atoms with van der Waals surface area (Å²) < 4.78 is 7.27. The van der Waals surface area contributed by atoms with Crippen molar-refractivity contribution in [3.05, 3.63) is 88.5 Å². The second-order valence-corrected chi connectivity index (χ2v) is 6.27. The van der Waals surface area contributed by atoms with Gasteiger partial charge < -0.3 is 14.7 Å². The van der Waals surface area contributed by atoms with Crippen LogP contribution in [0.4, 0.5) is 5.95 Å². The van der Waals surface area contributed by atoms with E-state index in [1.807, 2.05) is 55.5 Å². The molecule has 3 aromatic heterocycles. The molecule has 0 amide bonds. The second-order valence-electron chi connectivity index (χ2n) is 6.27. The van der Waals surface area contributed by atoms with Gasteiger partial charge in [0.15, 0.2) is 5.76 Å². The average Bonchev–Trinajstić information content (AvgIpc) is 3.10. The molecule has 0 bridgehead atoms. The van der Waals surface area contributed by atoms with Crippen LogP contribution in [0.15, 0.2) is 76.1 Å². The zero-order valence-electron chi connectivity index (χ0n) is 14.8. The van der Waals surface area contributed by atoms with E-state index in [2.05, 4.69) is 9.97 Å². The number of aromatic nitrogens is 3. The number of anilines is 1. The minimum Gasteiger partial charge on any atom is -0.460 e. The molecule has 134 valence electrons. The molecule has 0 fully saturated rings. The maximum Gasteiger partial charge on any atom is 0.251 e. The predicted octanol–water partition coefficient (Wildman–Crippen LogP) is 3.50. The van der Waals surface area contributed by atoms with Crippen LogP contribution in [0.2, 0.25) is 0 Å². The molecule has 0 aliphatic carbocycles. The highest BCUT2D eigenvalue weighted by molar-refractivity contribution is 5.66. The molecule has 0 radical (unpaired) electrons. The first kappa shape index (κ1) is 16.8. The van der Waals surface area contributed by atoms with Gasteiger partial charge in [-0.1, -0.05) is 30.3 Å². The van der Waals surface area contributed by atoms with Gasteiger partial charge in [-0.3, -0.25) is 4.79 Å². The van der Waals surface area contributed by atoms with Gasteiger partial charge in [-0.25, -0.2) is 9.97 Å². The molecule has 6 nitrogen and oxygen atoms in total. The fraction of sp³-hybridized carbons (Fsp3) is 0.0952. The van der Waals surface area contributed by atoms with Gasteiger partial charge in [-0.15, -0.1) is 0 Å². The van der Waals surface area contributed by atoms with Crippen molar-refractivity contribution >= 4 is 5.95 Å². The normalized spacial score (nSPS) is 10.9. The number of hydrogen-bond donors (Lipinski definition) is 1. The average molecular weight is 358 g/mol. The van der Waals surface area contributed by atoms with Crippen LogP contribution in [0.1, 0.15) is 11.3 Å². The first-order valence-electron chi connectivity index (χ1n) is 8.55. The van der Waals surface area contributed by atoms with Gasteiger partial charge in [-0.2, -0.15) is 0 Å². The largest absolute Gasteiger partial charge is 0.460 e. The number of hydrogen-bond acceptors (Lipinski definition) is 5. The molecule has 3 heterocycles. The van der Waals surface area contributed by atoms with Crippen molar-refractivity contribution in [1.82, 2.24) is 14.5 Å². The number of nitrogen functional groups attached to an aromatic ring is 1. The molecule has 0 saturated carbocycles. The van der Waals surface area contributed by atoms with Crippen molar-refractivity contribution in [2.75, 3.05) is 5.73 Å². The van der Waals surface area contributed by atoms with Crippen LogP contribution in [0, 0.1) is 6.92 Å². The lowest BCUT2D eigenvalue weighted by molar-refractivity contribution is 0.546. The summed E-state index contributed by atoms with van der Waals surface area (Å²) in [7, 11) is 0. The smallest absolute Gasteiger partial charge is 0.251 e. The number of nitrogens with two attached hydrogens (primary N) is 1. The van der Waals surface area contributed by atoms with E-state index in [4.69, 9.17) is 10.2 Å². The van der Waals surface area contributed by atoms with Crippen LogP contribution in [0.5, 0.6) is 0 Å². The molecule has 27 heavy (non-hydrogen) atoms. The third kappa shape index (κ3) is 3.64. The Bertz CT molecular complexity index is 1150. The van der Waals surface area contributed by atoms with Gasteiger partial charge in [0.1, 0.15) is 11.5 Å². The van der Waals surface area contributed by atoms with Gasteiger partial charge in [0.05, 0.1) is 12.2 Å². The van der Waals surface area contributed by atoms with Crippen molar-refractivity contribution in [2.24, 2.45) is 0 Å². The molecule has 0 unspecified atom stereocenters. The molecule has 4 aromatic rings. The topological polar surface area (TPSA) is 86.9 Å². The Morgan fingerprint density at radius 2 is 1.78 bits per heavy atom. The number of rotatable bonds is 4. The first-order chi connectivity index (χ1) is 13.1. The Morgan fingerprint density at radius 3 is 2.48 bits per heavy atom. The molecule has 6 heteroatoms. The van der Waals surface area contributed by atoms with E-state index >= 15 is 0 Å². The summed E-state index contributed by atoms with van der Waals surface area (Å²) in [5.74, 6) is 1.53. The third-order valence-electron chi connectivity index (χ3n) is 4.22. The van der Waals surface area contributed by atoms with Gasteiger partial charge in [-0.05, 0) is 36.8 Å². The Kier molecular flexibility index (Phi) is 4.30. The summed E-state index contributed by atoms with van der Waals surface area (Å²) in [4.78, 5) is 21.0. The van der Waals surface area contributed by atoms with Crippen LogP contribution in [0.3, 0.4) is 0 Å². The molecule has 4 rings (SSSR count). The zero-order valence-corrected chi connectivity index (χ0v) is 14.8. The lowest BCUT2D eigenvalue weighted by atomic mass is 10.1. The van der Waals surface area contributed by atoms with Crippen molar-refractivity contribution in [3.8, 4) is 22.7 Å². The summed E-state index contributed by atoms with van der Waals surface area (Å²) in [6.45, 7) is 2.38. The lowest BCUT2D eigenvalue weighted by Gasteiger charge is -2.08. The molecular formula is C21H18N4O2. The second kappa shape index (κ2) is 6.92. The highest BCUT2D eigenvalue weighted by Crippen LogP contribution is 2.25. The van der Waals surface area contributed by atoms with E-state index in [1.165, 1.54) is 0 Å². The van der Waals surface area contributed by atoms with E-state index in [0.29, 0.717) is 29.3 Å². The number of pyridine rings is 1. The highest BCUT2D eigenvalue weighted by Gasteiger charge is 2.11. The van der Waals surface area contributed by atoms with Crippen molar-refractivity contribution in [2.45, 2.75) is 13.5 Å². The van der Waals surface area contributed by atoms with E-state index in [1.54, 1.807) is 22.9 Å². The molecule has 2 N–H and O–H groups in total. The minimum absolute atomic E-state index is 0.107. The van der Waals surface area contributed by atoms with E-state index < -0.39 is 0 Å². The SMILES string of the molecule is Cc1ccc(-c2cc(-c3ccn(Cc4ccccc4)c(=O)c3)nc(N)n2)o1. The van der Waals surface area contributed by atoms with Crippen molar-refractivity contribution in [1.29, 1.82) is 0 Å². The number of aryl methyl sites for hydroxylation is 1. The fourth-order valence-electron chi connectivity index (χ4n) is 2.89. The predicted molar refractivity (Wildman–Crippen MR) is 104 cm³/mol. The highest BCUT2D eigenvalue weighted by atomic mass is 16.3. The first-order valence-corrected chi connectivity index (χ1v) is 8.55. The van der Waals surface area contributed by atoms with Crippen LogP contribution in [-0.2, 0) is 6.54 Å². The number of furan rings is 1. The molecule has 0 saturated heterocycles. The van der Waals surface area contributed by atoms with Crippen LogP contribution in [-0.4, -0.2) is 14.5 Å². The van der Waals surface area contributed by atoms with Crippen molar-refractivity contribution < 1.29 is 4.42 Å². The monoisotopic (exact) mass is 358 g/mol. The van der Waals surface area contributed by atoms with Crippen molar-refractivity contribution in [3.63, 3.8) is 0 Å². The Hall–Kier alpha value is -3.67. The summed E-state index contributed by atoms with van der Waals surface area (Å²) >= 11 is 0. The molecule has 0 atom stereocenters. The van der Waals surface area contributed by atoms with Gasteiger partial charge in [0.25, 0.3) is 5.56 Å². The maximum atomic E-state index is 12.5. The van der Waals surface area contributed by atoms with Crippen LogP contribution in [0.25, 0.3) is 22.7 Å². The number of benzene rings is 1. The zero-order chi connectivity index (χ0) is 18.8. The molecule has 0 aliphatic rings.